The Morgan fingerprint density at radius 3 is 2.12 bits per heavy atom. The van der Waals surface area contributed by atoms with Gasteiger partial charge in [0.2, 0.25) is 5.91 Å². The molecule has 24 heavy (non-hydrogen) atoms. The van der Waals surface area contributed by atoms with E-state index in [1.54, 1.807) is 6.92 Å². The molecule has 1 N–H and O–H groups in total. The number of hydrogen-bond acceptors (Lipinski definition) is 3. The highest BCUT2D eigenvalue weighted by Gasteiger charge is 2.21. The number of benzene rings is 2. The maximum Gasteiger partial charge on any atom is 0.340 e. The molecule has 4 nitrogen and oxygen atoms in total. The SMILES string of the molecule is CCOC(=O)/C(=C(/NC(C)=O)c1ccccc1)c1ccc(C)cc1. The molecule has 0 atom stereocenters. The quantitative estimate of drug-likeness (QED) is 0.520. The van der Waals surface area contributed by atoms with Gasteiger partial charge in [0.1, 0.15) is 0 Å². The Bertz CT molecular complexity index is 746. The van der Waals surface area contributed by atoms with Crippen molar-refractivity contribution >= 4 is 23.1 Å². The van der Waals surface area contributed by atoms with Crippen LogP contribution in [0.3, 0.4) is 0 Å². The van der Waals surface area contributed by atoms with Gasteiger partial charge in [0.15, 0.2) is 0 Å². The summed E-state index contributed by atoms with van der Waals surface area (Å²) >= 11 is 0. The molecule has 0 aliphatic heterocycles. The molecule has 124 valence electrons. The van der Waals surface area contributed by atoms with Crippen LogP contribution < -0.4 is 5.32 Å². The summed E-state index contributed by atoms with van der Waals surface area (Å²) in [5.74, 6) is -0.711. The summed E-state index contributed by atoms with van der Waals surface area (Å²) in [6.45, 7) is 5.41. The highest BCUT2D eigenvalue weighted by Crippen LogP contribution is 2.26. The number of nitrogens with one attached hydrogen (secondary N) is 1. The second kappa shape index (κ2) is 8.11. The second-order valence-corrected chi connectivity index (χ2v) is 5.38. The monoisotopic (exact) mass is 323 g/mol. The van der Waals surface area contributed by atoms with Crippen LogP contribution in [0.15, 0.2) is 54.6 Å². The molecule has 0 aliphatic carbocycles. The second-order valence-electron chi connectivity index (χ2n) is 5.38. The fourth-order valence-electron chi connectivity index (χ4n) is 2.35. The van der Waals surface area contributed by atoms with Crippen molar-refractivity contribution in [2.75, 3.05) is 6.61 Å². The maximum atomic E-state index is 12.6. The minimum absolute atomic E-state index is 0.247. The molecule has 0 bridgehead atoms. The van der Waals surface area contributed by atoms with Crippen LogP contribution in [0.2, 0.25) is 0 Å². The van der Waals surface area contributed by atoms with E-state index in [4.69, 9.17) is 4.74 Å². The fourth-order valence-corrected chi connectivity index (χ4v) is 2.35. The first-order valence-electron chi connectivity index (χ1n) is 7.84. The molecule has 0 aliphatic rings. The number of carbonyl (C=O) groups is 2. The molecule has 0 radical (unpaired) electrons. The van der Waals surface area contributed by atoms with Crippen LogP contribution in [0.25, 0.3) is 11.3 Å². The van der Waals surface area contributed by atoms with Crippen LogP contribution in [0, 0.1) is 6.92 Å². The summed E-state index contributed by atoms with van der Waals surface area (Å²) in [6, 6.07) is 16.8. The maximum absolute atomic E-state index is 12.6. The Balaban J connectivity index is 2.69. The number of aryl methyl sites for hydroxylation is 1. The summed E-state index contributed by atoms with van der Waals surface area (Å²) in [7, 11) is 0. The topological polar surface area (TPSA) is 55.4 Å². The minimum Gasteiger partial charge on any atom is -0.462 e. The van der Waals surface area contributed by atoms with E-state index in [9.17, 15) is 9.59 Å². The first-order chi connectivity index (χ1) is 11.5. The van der Waals surface area contributed by atoms with E-state index < -0.39 is 5.97 Å². The van der Waals surface area contributed by atoms with Crippen LogP contribution in [-0.4, -0.2) is 18.5 Å². The summed E-state index contributed by atoms with van der Waals surface area (Å²) in [5, 5.41) is 2.79. The number of amides is 1. The molecule has 0 saturated carbocycles. The average molecular weight is 323 g/mol. The van der Waals surface area contributed by atoms with Crippen molar-refractivity contribution in [1.82, 2.24) is 5.32 Å². The van der Waals surface area contributed by atoms with Crippen molar-refractivity contribution in [2.45, 2.75) is 20.8 Å². The Kier molecular flexibility index (Phi) is 5.90. The van der Waals surface area contributed by atoms with E-state index in [2.05, 4.69) is 5.32 Å². The minimum atomic E-state index is -0.464. The molecule has 2 rings (SSSR count). The number of esters is 1. The zero-order valence-corrected chi connectivity index (χ0v) is 14.1. The third-order valence-electron chi connectivity index (χ3n) is 3.43. The first kappa shape index (κ1) is 17.5. The predicted molar refractivity (Wildman–Crippen MR) is 94.9 cm³/mol. The lowest BCUT2D eigenvalue weighted by Crippen LogP contribution is -2.22. The molecule has 0 unspecified atom stereocenters. The Hall–Kier alpha value is -2.88. The summed E-state index contributed by atoms with van der Waals surface area (Å²) in [5.41, 5.74) is 3.33. The molecule has 0 fully saturated rings. The zero-order valence-electron chi connectivity index (χ0n) is 14.1. The molecule has 0 heterocycles. The van der Waals surface area contributed by atoms with E-state index in [0.717, 1.165) is 11.1 Å². The highest BCUT2D eigenvalue weighted by atomic mass is 16.5. The van der Waals surface area contributed by atoms with Crippen molar-refractivity contribution in [3.8, 4) is 0 Å². The van der Waals surface area contributed by atoms with Crippen molar-refractivity contribution < 1.29 is 14.3 Å². The molecule has 4 heteroatoms. The Morgan fingerprint density at radius 2 is 1.58 bits per heavy atom. The van der Waals surface area contributed by atoms with Crippen LogP contribution in [0.4, 0.5) is 0 Å². The van der Waals surface area contributed by atoms with Crippen molar-refractivity contribution in [2.24, 2.45) is 0 Å². The van der Waals surface area contributed by atoms with Crippen LogP contribution in [0.5, 0.6) is 0 Å². The van der Waals surface area contributed by atoms with Gasteiger partial charge in [0.05, 0.1) is 17.9 Å². The lowest BCUT2D eigenvalue weighted by molar-refractivity contribution is -0.136. The number of rotatable bonds is 5. The van der Waals surface area contributed by atoms with Crippen LogP contribution in [0.1, 0.15) is 30.5 Å². The van der Waals surface area contributed by atoms with Gasteiger partial charge in [-0.3, -0.25) is 4.79 Å². The molecule has 0 spiro atoms. The van der Waals surface area contributed by atoms with Gasteiger partial charge >= 0.3 is 5.97 Å². The normalized spacial score (nSPS) is 11.5. The van der Waals surface area contributed by atoms with Gasteiger partial charge in [-0.05, 0) is 25.0 Å². The van der Waals surface area contributed by atoms with Crippen molar-refractivity contribution in [3.05, 3.63) is 71.3 Å². The van der Waals surface area contributed by atoms with Gasteiger partial charge in [-0.2, -0.15) is 0 Å². The van der Waals surface area contributed by atoms with Gasteiger partial charge in [-0.25, -0.2) is 4.79 Å². The molecule has 1 amide bonds. The van der Waals surface area contributed by atoms with Gasteiger partial charge in [0, 0.05) is 6.92 Å². The van der Waals surface area contributed by atoms with E-state index in [0.29, 0.717) is 16.8 Å². The van der Waals surface area contributed by atoms with E-state index in [1.807, 2.05) is 61.5 Å². The molecule has 0 saturated heterocycles. The van der Waals surface area contributed by atoms with Gasteiger partial charge in [-0.15, -0.1) is 0 Å². The van der Waals surface area contributed by atoms with Gasteiger partial charge < -0.3 is 10.1 Å². The standard InChI is InChI=1S/C20H21NO3/c1-4-24-20(23)18(16-12-10-14(2)11-13-16)19(21-15(3)22)17-8-6-5-7-9-17/h5-13H,4H2,1-3H3,(H,21,22)/b19-18+. The van der Waals surface area contributed by atoms with Gasteiger partial charge in [0.25, 0.3) is 0 Å². The van der Waals surface area contributed by atoms with Crippen LogP contribution in [-0.2, 0) is 14.3 Å². The van der Waals surface area contributed by atoms with Crippen LogP contribution >= 0.6 is 0 Å². The molecular weight excluding hydrogens is 302 g/mol. The molecule has 2 aromatic carbocycles. The molecule has 0 aromatic heterocycles. The van der Waals surface area contributed by atoms with Crippen molar-refractivity contribution in [1.29, 1.82) is 0 Å². The Morgan fingerprint density at radius 1 is 0.958 bits per heavy atom. The fraction of sp³-hybridized carbons (Fsp3) is 0.200. The predicted octanol–water partition coefficient (Wildman–Crippen LogP) is 3.56. The third-order valence-corrected chi connectivity index (χ3v) is 3.43. The molecular formula is C20H21NO3. The number of ether oxygens (including phenoxy) is 1. The summed E-state index contributed by atoms with van der Waals surface area (Å²) in [4.78, 5) is 24.3. The van der Waals surface area contributed by atoms with Crippen molar-refractivity contribution in [3.63, 3.8) is 0 Å². The van der Waals surface area contributed by atoms with E-state index >= 15 is 0 Å². The molecule has 2 aromatic rings. The Labute approximate surface area is 142 Å². The average Bonchev–Trinajstić information content (AvgIpc) is 2.57. The van der Waals surface area contributed by atoms with Gasteiger partial charge in [-0.1, -0.05) is 60.2 Å². The smallest absolute Gasteiger partial charge is 0.340 e. The third kappa shape index (κ3) is 4.32. The summed E-state index contributed by atoms with van der Waals surface area (Å²) in [6.07, 6.45) is 0. The highest BCUT2D eigenvalue weighted by molar-refractivity contribution is 6.25. The van der Waals surface area contributed by atoms with E-state index in [-0.39, 0.29) is 12.5 Å². The zero-order chi connectivity index (χ0) is 17.5. The number of hydrogen-bond donors (Lipinski definition) is 1. The largest absolute Gasteiger partial charge is 0.462 e. The summed E-state index contributed by atoms with van der Waals surface area (Å²) < 4.78 is 5.22. The number of carbonyl (C=O) groups excluding carboxylic acids is 2. The van der Waals surface area contributed by atoms with E-state index in [1.165, 1.54) is 6.92 Å². The lowest BCUT2D eigenvalue weighted by atomic mass is 9.98. The lowest BCUT2D eigenvalue weighted by Gasteiger charge is -2.16. The first-order valence-corrected chi connectivity index (χ1v) is 7.84.